The molecule has 0 radical (unpaired) electrons. The highest BCUT2D eigenvalue weighted by molar-refractivity contribution is 6.35. The van der Waals surface area contributed by atoms with Crippen LogP contribution in [0, 0.1) is 4.91 Å². The first-order valence-electron chi connectivity index (χ1n) is 6.83. The third-order valence-electron chi connectivity index (χ3n) is 3.47. The van der Waals surface area contributed by atoms with E-state index >= 15 is 0 Å². The summed E-state index contributed by atoms with van der Waals surface area (Å²) in [6.45, 7) is 0.590. The van der Waals surface area contributed by atoms with Crippen LogP contribution in [0.4, 0.5) is 5.69 Å². The van der Waals surface area contributed by atoms with Crippen LogP contribution in [0.5, 0.6) is 11.6 Å². The van der Waals surface area contributed by atoms with Crippen molar-refractivity contribution >= 4 is 39.8 Å². The number of para-hydroxylation sites is 1. The lowest BCUT2D eigenvalue weighted by atomic mass is 10.2. The molecule has 1 N–H and O–H groups in total. The molecule has 0 amide bonds. The van der Waals surface area contributed by atoms with Crippen LogP contribution in [0.1, 0.15) is 0 Å². The standard InChI is InChI=1S/C16H12Cl2N2O3/c17-10-4-6-11(7-5-10)23-9-8-20-15-12(2-1-3-13(15)18)14(19-22)16(20)21/h1-7,21H,8-9H2. The van der Waals surface area contributed by atoms with Gasteiger partial charge in [0.1, 0.15) is 12.4 Å². The van der Waals surface area contributed by atoms with Crippen LogP contribution in [0.2, 0.25) is 10.0 Å². The summed E-state index contributed by atoms with van der Waals surface area (Å²) in [6, 6.07) is 12.0. The first-order chi connectivity index (χ1) is 11.1. The molecular formula is C16H12Cl2N2O3. The van der Waals surface area contributed by atoms with Gasteiger partial charge in [-0.3, -0.25) is 0 Å². The van der Waals surface area contributed by atoms with E-state index in [-0.39, 0.29) is 18.2 Å². The van der Waals surface area contributed by atoms with E-state index < -0.39 is 0 Å². The van der Waals surface area contributed by atoms with Crippen LogP contribution in [0.15, 0.2) is 47.6 Å². The number of rotatable bonds is 5. The average Bonchev–Trinajstić information content (AvgIpc) is 2.82. The van der Waals surface area contributed by atoms with Gasteiger partial charge in [-0.1, -0.05) is 35.3 Å². The first kappa shape index (κ1) is 15.6. The number of nitrogens with zero attached hydrogens (tertiary/aromatic N) is 2. The SMILES string of the molecule is O=Nc1c(O)n(CCOc2ccc(Cl)cc2)c2c(Cl)cccc12. The van der Waals surface area contributed by atoms with Crippen molar-refractivity contribution in [1.29, 1.82) is 0 Å². The maximum Gasteiger partial charge on any atom is 0.222 e. The second-order valence-electron chi connectivity index (χ2n) is 4.85. The van der Waals surface area contributed by atoms with Crippen LogP contribution < -0.4 is 4.74 Å². The molecule has 0 saturated heterocycles. The minimum atomic E-state index is -0.220. The highest BCUT2D eigenvalue weighted by Crippen LogP contribution is 2.41. The number of fused-ring (bicyclic) bond motifs is 1. The Morgan fingerprint density at radius 3 is 2.57 bits per heavy atom. The third-order valence-corrected chi connectivity index (χ3v) is 4.02. The second-order valence-corrected chi connectivity index (χ2v) is 5.70. The molecule has 5 nitrogen and oxygen atoms in total. The van der Waals surface area contributed by atoms with Crippen LogP contribution >= 0.6 is 23.2 Å². The summed E-state index contributed by atoms with van der Waals surface area (Å²) in [5, 5.41) is 14.7. The molecular weight excluding hydrogens is 339 g/mol. The van der Waals surface area contributed by atoms with Gasteiger partial charge in [-0.25, -0.2) is 0 Å². The molecule has 0 spiro atoms. The summed E-state index contributed by atoms with van der Waals surface area (Å²) in [6.07, 6.45) is 0. The van der Waals surface area contributed by atoms with E-state index in [2.05, 4.69) is 5.18 Å². The maximum absolute atomic E-state index is 11.0. The summed E-state index contributed by atoms with van der Waals surface area (Å²) in [4.78, 5) is 11.0. The smallest absolute Gasteiger partial charge is 0.222 e. The molecule has 0 atom stereocenters. The topological polar surface area (TPSA) is 63.8 Å². The molecule has 118 valence electrons. The summed E-state index contributed by atoms with van der Waals surface area (Å²) in [5.74, 6) is 0.438. The summed E-state index contributed by atoms with van der Waals surface area (Å²) in [7, 11) is 0. The minimum Gasteiger partial charge on any atom is -0.493 e. The van der Waals surface area contributed by atoms with E-state index in [1.165, 1.54) is 4.57 Å². The van der Waals surface area contributed by atoms with Crippen LogP contribution in [-0.2, 0) is 6.54 Å². The summed E-state index contributed by atoms with van der Waals surface area (Å²) in [5.41, 5.74) is 0.537. The van der Waals surface area contributed by atoms with Crippen molar-refractivity contribution in [2.24, 2.45) is 5.18 Å². The second kappa shape index (κ2) is 6.48. The molecule has 1 heterocycles. The third kappa shape index (κ3) is 2.98. The average molecular weight is 351 g/mol. The van der Waals surface area contributed by atoms with E-state index in [4.69, 9.17) is 27.9 Å². The van der Waals surface area contributed by atoms with Crippen molar-refractivity contribution in [1.82, 2.24) is 4.57 Å². The predicted octanol–water partition coefficient (Wildman–Crippen LogP) is 5.13. The Balaban J connectivity index is 1.86. The molecule has 0 unspecified atom stereocenters. The molecule has 0 aliphatic carbocycles. The molecule has 3 aromatic rings. The fourth-order valence-electron chi connectivity index (χ4n) is 2.43. The molecule has 0 saturated carbocycles. The Morgan fingerprint density at radius 1 is 1.13 bits per heavy atom. The van der Waals surface area contributed by atoms with E-state index in [9.17, 15) is 10.0 Å². The van der Waals surface area contributed by atoms with Crippen molar-refractivity contribution in [3.63, 3.8) is 0 Å². The molecule has 0 aliphatic rings. The van der Waals surface area contributed by atoms with Gasteiger partial charge in [0.05, 0.1) is 17.1 Å². The van der Waals surface area contributed by atoms with Crippen molar-refractivity contribution in [3.8, 4) is 11.6 Å². The molecule has 0 bridgehead atoms. The van der Waals surface area contributed by atoms with Gasteiger partial charge in [0.25, 0.3) is 0 Å². The van der Waals surface area contributed by atoms with Gasteiger partial charge in [0.2, 0.25) is 5.88 Å². The van der Waals surface area contributed by atoms with E-state index in [1.54, 1.807) is 42.5 Å². The van der Waals surface area contributed by atoms with Crippen LogP contribution in [0.25, 0.3) is 10.9 Å². The van der Waals surface area contributed by atoms with Gasteiger partial charge in [0.15, 0.2) is 5.69 Å². The Morgan fingerprint density at radius 2 is 1.87 bits per heavy atom. The zero-order valence-electron chi connectivity index (χ0n) is 11.9. The largest absolute Gasteiger partial charge is 0.493 e. The molecule has 2 aromatic carbocycles. The monoisotopic (exact) mass is 350 g/mol. The number of hydrogen-bond donors (Lipinski definition) is 1. The fourth-order valence-corrected chi connectivity index (χ4v) is 2.83. The first-order valence-corrected chi connectivity index (χ1v) is 7.59. The van der Waals surface area contributed by atoms with Gasteiger partial charge < -0.3 is 14.4 Å². The summed E-state index contributed by atoms with van der Waals surface area (Å²) >= 11 is 12.0. The molecule has 23 heavy (non-hydrogen) atoms. The molecule has 3 rings (SSSR count). The van der Waals surface area contributed by atoms with E-state index in [1.807, 2.05) is 0 Å². The lowest BCUT2D eigenvalue weighted by molar-refractivity contribution is 0.290. The molecule has 7 heteroatoms. The Kier molecular flexibility index (Phi) is 4.41. The Labute approximate surface area is 142 Å². The minimum absolute atomic E-state index is 0.0195. The van der Waals surface area contributed by atoms with Gasteiger partial charge in [-0.15, -0.1) is 4.91 Å². The lowest BCUT2D eigenvalue weighted by Gasteiger charge is -2.10. The molecule has 0 fully saturated rings. The van der Waals surface area contributed by atoms with Crippen molar-refractivity contribution in [2.45, 2.75) is 6.54 Å². The fraction of sp³-hybridized carbons (Fsp3) is 0.125. The number of hydrogen-bond acceptors (Lipinski definition) is 4. The number of ether oxygens (including phenoxy) is 1. The normalized spacial score (nSPS) is 10.9. The highest BCUT2D eigenvalue weighted by Gasteiger charge is 2.19. The predicted molar refractivity (Wildman–Crippen MR) is 91.0 cm³/mol. The number of aromatic nitrogens is 1. The molecule has 1 aromatic heterocycles. The number of nitroso groups, excluding NO2 is 1. The van der Waals surface area contributed by atoms with Crippen LogP contribution in [-0.4, -0.2) is 16.3 Å². The van der Waals surface area contributed by atoms with Gasteiger partial charge in [-0.05, 0) is 35.5 Å². The van der Waals surface area contributed by atoms with E-state index in [0.717, 1.165) is 0 Å². The number of halogens is 2. The van der Waals surface area contributed by atoms with Crippen LogP contribution in [0.3, 0.4) is 0 Å². The van der Waals surface area contributed by atoms with Crippen molar-refractivity contribution in [3.05, 3.63) is 57.4 Å². The zero-order valence-corrected chi connectivity index (χ0v) is 13.4. The van der Waals surface area contributed by atoms with Crippen molar-refractivity contribution < 1.29 is 9.84 Å². The van der Waals surface area contributed by atoms with Gasteiger partial charge in [-0.2, -0.15) is 0 Å². The zero-order chi connectivity index (χ0) is 16.4. The number of aromatic hydroxyl groups is 1. The van der Waals surface area contributed by atoms with Gasteiger partial charge in [0, 0.05) is 10.4 Å². The quantitative estimate of drug-likeness (QED) is 0.648. The maximum atomic E-state index is 11.0. The Bertz CT molecular complexity index is 860. The number of benzene rings is 2. The van der Waals surface area contributed by atoms with Crippen molar-refractivity contribution in [2.75, 3.05) is 6.61 Å². The molecule has 0 aliphatic heterocycles. The van der Waals surface area contributed by atoms with Gasteiger partial charge >= 0.3 is 0 Å². The Hall–Kier alpha value is -2.24. The van der Waals surface area contributed by atoms with E-state index in [0.29, 0.717) is 33.2 Å². The lowest BCUT2D eigenvalue weighted by Crippen LogP contribution is -2.07. The highest BCUT2D eigenvalue weighted by atomic mass is 35.5. The summed E-state index contributed by atoms with van der Waals surface area (Å²) < 4.78 is 7.13.